The first kappa shape index (κ1) is 12.0. The topological polar surface area (TPSA) is 80.4 Å². The summed E-state index contributed by atoms with van der Waals surface area (Å²) in [4.78, 5) is 21.6. The molecule has 86 valence electrons. The molecule has 1 rings (SSSR count). The number of aromatic carboxylic acids is 1. The SMILES string of the molecule is CC(=O)c1c(F)c(N)c(F)c(F)c1C(=O)O. The summed E-state index contributed by atoms with van der Waals surface area (Å²) >= 11 is 0. The minimum atomic E-state index is -1.94. The second-order valence-corrected chi connectivity index (χ2v) is 2.97. The number of nitrogens with two attached hydrogens (primary N) is 1. The molecule has 1 aromatic carbocycles. The molecule has 0 saturated carbocycles. The zero-order chi connectivity index (χ0) is 12.6. The van der Waals surface area contributed by atoms with Gasteiger partial charge in [0.2, 0.25) is 0 Å². The first-order chi connectivity index (χ1) is 7.29. The number of nitrogen functional groups attached to an aromatic ring is 1. The van der Waals surface area contributed by atoms with Crippen molar-refractivity contribution in [1.29, 1.82) is 0 Å². The van der Waals surface area contributed by atoms with E-state index in [4.69, 9.17) is 10.8 Å². The Morgan fingerprint density at radius 1 is 1.06 bits per heavy atom. The molecule has 7 heteroatoms. The Balaban J connectivity index is 3.83. The van der Waals surface area contributed by atoms with Gasteiger partial charge in [0.15, 0.2) is 23.2 Å². The molecular weight excluding hydrogens is 227 g/mol. The van der Waals surface area contributed by atoms with Gasteiger partial charge in [-0.1, -0.05) is 0 Å². The lowest BCUT2D eigenvalue weighted by Crippen LogP contribution is -2.16. The third kappa shape index (κ3) is 1.60. The Morgan fingerprint density at radius 3 is 1.94 bits per heavy atom. The van der Waals surface area contributed by atoms with Gasteiger partial charge in [-0.05, 0) is 6.92 Å². The number of rotatable bonds is 2. The van der Waals surface area contributed by atoms with E-state index >= 15 is 0 Å². The van der Waals surface area contributed by atoms with E-state index in [1.807, 2.05) is 0 Å². The smallest absolute Gasteiger partial charge is 0.339 e. The molecule has 0 fully saturated rings. The van der Waals surface area contributed by atoms with E-state index in [1.54, 1.807) is 0 Å². The highest BCUT2D eigenvalue weighted by Gasteiger charge is 2.29. The Kier molecular flexibility index (Phi) is 2.88. The Morgan fingerprint density at radius 2 is 1.56 bits per heavy atom. The lowest BCUT2D eigenvalue weighted by Gasteiger charge is -2.09. The van der Waals surface area contributed by atoms with Crippen molar-refractivity contribution in [1.82, 2.24) is 0 Å². The van der Waals surface area contributed by atoms with Crippen molar-refractivity contribution in [2.24, 2.45) is 0 Å². The van der Waals surface area contributed by atoms with Gasteiger partial charge in [-0.15, -0.1) is 0 Å². The van der Waals surface area contributed by atoms with E-state index in [0.717, 1.165) is 6.92 Å². The number of anilines is 1. The standard InChI is InChI=1S/C9H6F3NO3/c1-2(14)3-4(9(15)16)5(10)7(12)8(13)6(3)11/h13H2,1H3,(H,15,16). The molecule has 0 aliphatic rings. The maximum atomic E-state index is 13.3. The van der Waals surface area contributed by atoms with Gasteiger partial charge in [-0.3, -0.25) is 4.79 Å². The molecule has 0 atom stereocenters. The van der Waals surface area contributed by atoms with Gasteiger partial charge in [0.1, 0.15) is 11.3 Å². The van der Waals surface area contributed by atoms with Gasteiger partial charge in [-0.25, -0.2) is 18.0 Å². The number of carbonyl (C=O) groups is 2. The second kappa shape index (κ2) is 3.84. The summed E-state index contributed by atoms with van der Waals surface area (Å²) in [5, 5.41) is 8.57. The van der Waals surface area contributed by atoms with E-state index in [-0.39, 0.29) is 0 Å². The Hall–Kier alpha value is -2.05. The Labute approximate surface area is 87.5 Å². The van der Waals surface area contributed by atoms with Crippen LogP contribution in [0.25, 0.3) is 0 Å². The molecule has 0 aliphatic heterocycles. The van der Waals surface area contributed by atoms with E-state index < -0.39 is 46.0 Å². The van der Waals surface area contributed by atoms with Crippen LogP contribution in [0.3, 0.4) is 0 Å². The number of benzene rings is 1. The molecule has 0 bridgehead atoms. The molecule has 0 unspecified atom stereocenters. The minimum absolute atomic E-state index is 0.821. The van der Waals surface area contributed by atoms with E-state index in [1.165, 1.54) is 0 Å². The van der Waals surface area contributed by atoms with Crippen LogP contribution in [0.1, 0.15) is 27.6 Å². The third-order valence-corrected chi connectivity index (χ3v) is 1.92. The number of carboxylic acid groups (broad SMARTS) is 1. The first-order valence-electron chi connectivity index (χ1n) is 3.99. The lowest BCUT2D eigenvalue weighted by atomic mass is 10.0. The molecular formula is C9H6F3NO3. The zero-order valence-corrected chi connectivity index (χ0v) is 7.97. The van der Waals surface area contributed by atoms with Crippen LogP contribution in [0, 0.1) is 17.5 Å². The van der Waals surface area contributed by atoms with Crippen molar-refractivity contribution in [3.63, 3.8) is 0 Å². The second-order valence-electron chi connectivity index (χ2n) is 2.97. The number of halogens is 3. The highest BCUT2D eigenvalue weighted by Crippen LogP contribution is 2.27. The fourth-order valence-corrected chi connectivity index (χ4v) is 1.21. The summed E-state index contributed by atoms with van der Waals surface area (Å²) in [5.74, 6) is -8.23. The number of hydrogen-bond donors (Lipinski definition) is 2. The molecule has 1 aromatic rings. The molecule has 16 heavy (non-hydrogen) atoms. The van der Waals surface area contributed by atoms with Crippen molar-refractivity contribution >= 4 is 17.4 Å². The molecule has 0 spiro atoms. The maximum absolute atomic E-state index is 13.3. The predicted octanol–water partition coefficient (Wildman–Crippen LogP) is 1.59. The van der Waals surface area contributed by atoms with Crippen LogP contribution in [0.2, 0.25) is 0 Å². The van der Waals surface area contributed by atoms with Gasteiger partial charge < -0.3 is 10.8 Å². The number of carboxylic acids is 1. The van der Waals surface area contributed by atoms with Crippen molar-refractivity contribution in [3.8, 4) is 0 Å². The normalized spacial score (nSPS) is 10.2. The van der Waals surface area contributed by atoms with Crippen LogP contribution in [0.4, 0.5) is 18.9 Å². The summed E-state index contributed by atoms with van der Waals surface area (Å²) in [6.45, 7) is 0.821. The number of hydrogen-bond acceptors (Lipinski definition) is 3. The van der Waals surface area contributed by atoms with Gasteiger partial charge in [0.05, 0.1) is 5.56 Å². The summed E-state index contributed by atoms with van der Waals surface area (Å²) in [6, 6.07) is 0. The summed E-state index contributed by atoms with van der Waals surface area (Å²) in [5.41, 5.74) is 1.22. The average Bonchev–Trinajstić information content (AvgIpc) is 2.18. The number of Topliss-reactive ketones (excluding diaryl/α,β-unsaturated/α-hetero) is 1. The fourth-order valence-electron chi connectivity index (χ4n) is 1.21. The first-order valence-corrected chi connectivity index (χ1v) is 3.99. The summed E-state index contributed by atoms with van der Waals surface area (Å²) in [6.07, 6.45) is 0. The van der Waals surface area contributed by atoms with Gasteiger partial charge in [0, 0.05) is 0 Å². The molecule has 0 heterocycles. The van der Waals surface area contributed by atoms with Crippen molar-refractivity contribution in [3.05, 3.63) is 28.6 Å². The van der Waals surface area contributed by atoms with Crippen molar-refractivity contribution in [2.45, 2.75) is 6.92 Å². The van der Waals surface area contributed by atoms with Crippen LogP contribution in [0.5, 0.6) is 0 Å². The summed E-state index contributed by atoms with van der Waals surface area (Å²) in [7, 11) is 0. The monoisotopic (exact) mass is 233 g/mol. The predicted molar refractivity (Wildman–Crippen MR) is 47.7 cm³/mol. The highest BCUT2D eigenvalue weighted by molar-refractivity contribution is 6.06. The van der Waals surface area contributed by atoms with Crippen molar-refractivity contribution < 1.29 is 27.9 Å². The molecule has 0 aromatic heterocycles. The van der Waals surface area contributed by atoms with Gasteiger partial charge in [-0.2, -0.15) is 0 Å². The van der Waals surface area contributed by atoms with Crippen LogP contribution in [-0.2, 0) is 0 Å². The van der Waals surface area contributed by atoms with E-state index in [9.17, 15) is 22.8 Å². The largest absolute Gasteiger partial charge is 0.478 e. The van der Waals surface area contributed by atoms with E-state index in [2.05, 4.69) is 0 Å². The van der Waals surface area contributed by atoms with Crippen LogP contribution >= 0.6 is 0 Å². The van der Waals surface area contributed by atoms with Crippen LogP contribution in [0.15, 0.2) is 0 Å². The molecule has 0 radical (unpaired) electrons. The fraction of sp³-hybridized carbons (Fsp3) is 0.111. The molecule has 3 N–H and O–H groups in total. The molecule has 0 aliphatic carbocycles. The third-order valence-electron chi connectivity index (χ3n) is 1.92. The Bertz CT molecular complexity index is 455. The molecule has 4 nitrogen and oxygen atoms in total. The average molecular weight is 233 g/mol. The highest BCUT2D eigenvalue weighted by atomic mass is 19.2. The number of ketones is 1. The summed E-state index contributed by atoms with van der Waals surface area (Å²) < 4.78 is 39.4. The zero-order valence-electron chi connectivity index (χ0n) is 7.97. The van der Waals surface area contributed by atoms with E-state index in [0.29, 0.717) is 0 Å². The molecule has 0 amide bonds. The molecule has 0 saturated heterocycles. The maximum Gasteiger partial charge on any atom is 0.339 e. The minimum Gasteiger partial charge on any atom is -0.478 e. The lowest BCUT2D eigenvalue weighted by molar-refractivity contribution is 0.0684. The van der Waals surface area contributed by atoms with Gasteiger partial charge >= 0.3 is 5.97 Å². The quantitative estimate of drug-likeness (QED) is 0.461. The number of carbonyl (C=O) groups excluding carboxylic acids is 1. The van der Waals surface area contributed by atoms with Crippen LogP contribution in [-0.4, -0.2) is 16.9 Å². The van der Waals surface area contributed by atoms with Gasteiger partial charge in [0.25, 0.3) is 0 Å². The van der Waals surface area contributed by atoms with Crippen molar-refractivity contribution in [2.75, 3.05) is 5.73 Å². The van der Waals surface area contributed by atoms with Crippen LogP contribution < -0.4 is 5.73 Å².